The predicted octanol–water partition coefficient (Wildman–Crippen LogP) is 3.53. The molecule has 124 valence electrons. The van der Waals surface area contributed by atoms with E-state index in [0.717, 1.165) is 41.2 Å². The van der Waals surface area contributed by atoms with E-state index in [-0.39, 0.29) is 11.9 Å². The summed E-state index contributed by atoms with van der Waals surface area (Å²) in [7, 11) is 0. The Labute approximate surface area is 142 Å². The summed E-state index contributed by atoms with van der Waals surface area (Å²) in [6, 6.07) is 11.9. The second-order valence-electron chi connectivity index (χ2n) is 6.43. The van der Waals surface area contributed by atoms with Crippen LogP contribution in [0, 0.1) is 6.92 Å². The largest absolute Gasteiger partial charge is 0.486 e. The highest BCUT2D eigenvalue weighted by atomic mass is 16.6. The van der Waals surface area contributed by atoms with Crippen LogP contribution < -0.4 is 9.47 Å². The number of rotatable bonds is 1. The number of fused-ring (bicyclic) bond motifs is 2. The van der Waals surface area contributed by atoms with Gasteiger partial charge < -0.3 is 14.4 Å². The zero-order valence-corrected chi connectivity index (χ0v) is 14.0. The molecule has 0 aromatic heterocycles. The van der Waals surface area contributed by atoms with Gasteiger partial charge in [0.1, 0.15) is 13.2 Å². The van der Waals surface area contributed by atoms with Gasteiger partial charge in [-0.15, -0.1) is 0 Å². The fourth-order valence-corrected chi connectivity index (χ4v) is 3.60. The van der Waals surface area contributed by atoms with Crippen LogP contribution in [0.25, 0.3) is 0 Å². The van der Waals surface area contributed by atoms with Crippen molar-refractivity contribution >= 4 is 5.91 Å². The van der Waals surface area contributed by atoms with Gasteiger partial charge in [0.2, 0.25) is 0 Å². The number of carbonyl (C=O) groups excluding carboxylic acids is 1. The SMILES string of the molecule is Cc1ccccc1C(=O)N1CCc2cc3c(cc2C1C)OCCO3. The van der Waals surface area contributed by atoms with Crippen LogP contribution in [0.4, 0.5) is 0 Å². The van der Waals surface area contributed by atoms with Crippen molar-refractivity contribution in [2.45, 2.75) is 26.3 Å². The molecule has 2 heterocycles. The van der Waals surface area contributed by atoms with Crippen molar-refractivity contribution in [3.05, 3.63) is 58.7 Å². The Hall–Kier alpha value is -2.49. The Balaban J connectivity index is 1.68. The normalized spacial score (nSPS) is 18.9. The van der Waals surface area contributed by atoms with Gasteiger partial charge in [-0.2, -0.15) is 0 Å². The zero-order chi connectivity index (χ0) is 16.7. The molecule has 2 aliphatic rings. The Kier molecular flexibility index (Phi) is 3.68. The molecule has 0 saturated heterocycles. The van der Waals surface area contributed by atoms with Crippen molar-refractivity contribution in [3.8, 4) is 11.5 Å². The number of amides is 1. The van der Waals surface area contributed by atoms with Crippen molar-refractivity contribution in [2.75, 3.05) is 19.8 Å². The highest BCUT2D eigenvalue weighted by Crippen LogP contribution is 2.39. The number of benzene rings is 2. The van der Waals surface area contributed by atoms with Gasteiger partial charge >= 0.3 is 0 Å². The molecule has 1 amide bonds. The zero-order valence-electron chi connectivity index (χ0n) is 14.0. The highest BCUT2D eigenvalue weighted by molar-refractivity contribution is 5.96. The molecule has 0 fully saturated rings. The summed E-state index contributed by atoms with van der Waals surface area (Å²) in [5.41, 5.74) is 4.21. The average Bonchev–Trinajstić information content (AvgIpc) is 2.61. The minimum atomic E-state index is 0.0247. The van der Waals surface area contributed by atoms with E-state index in [1.807, 2.05) is 42.2 Å². The number of aryl methyl sites for hydroxylation is 1. The van der Waals surface area contributed by atoms with Gasteiger partial charge in [-0.1, -0.05) is 18.2 Å². The van der Waals surface area contributed by atoms with Crippen LogP contribution in [0.5, 0.6) is 11.5 Å². The van der Waals surface area contributed by atoms with Crippen molar-refractivity contribution in [3.63, 3.8) is 0 Å². The van der Waals surface area contributed by atoms with Gasteiger partial charge in [-0.25, -0.2) is 0 Å². The topological polar surface area (TPSA) is 38.8 Å². The van der Waals surface area contributed by atoms with Crippen LogP contribution in [0.2, 0.25) is 0 Å². The molecule has 2 aliphatic heterocycles. The van der Waals surface area contributed by atoms with Gasteiger partial charge in [0.05, 0.1) is 6.04 Å². The van der Waals surface area contributed by atoms with Crippen LogP contribution in [0.3, 0.4) is 0 Å². The Morgan fingerprint density at radius 1 is 1.12 bits per heavy atom. The first-order valence-electron chi connectivity index (χ1n) is 8.44. The molecule has 2 aromatic carbocycles. The third-order valence-corrected chi connectivity index (χ3v) is 4.98. The molecule has 2 aromatic rings. The summed E-state index contributed by atoms with van der Waals surface area (Å²) in [5.74, 6) is 1.71. The van der Waals surface area contributed by atoms with Crippen molar-refractivity contribution in [1.29, 1.82) is 0 Å². The first-order chi connectivity index (χ1) is 11.6. The molecule has 0 aliphatic carbocycles. The lowest BCUT2D eigenvalue weighted by Gasteiger charge is -2.36. The fourth-order valence-electron chi connectivity index (χ4n) is 3.60. The van der Waals surface area contributed by atoms with Crippen molar-refractivity contribution in [1.82, 2.24) is 4.90 Å². The standard InChI is InChI=1S/C20H21NO3/c1-13-5-3-4-6-16(13)20(22)21-8-7-15-11-18-19(24-10-9-23-18)12-17(15)14(21)2/h3-6,11-12,14H,7-10H2,1-2H3. The summed E-state index contributed by atoms with van der Waals surface area (Å²) >= 11 is 0. The molecule has 0 saturated carbocycles. The van der Waals surface area contributed by atoms with E-state index >= 15 is 0 Å². The Morgan fingerprint density at radius 3 is 2.58 bits per heavy atom. The van der Waals surface area contributed by atoms with Gasteiger partial charge in [-0.3, -0.25) is 4.79 Å². The Morgan fingerprint density at radius 2 is 1.83 bits per heavy atom. The number of carbonyl (C=O) groups is 1. The lowest BCUT2D eigenvalue weighted by molar-refractivity contribution is 0.0675. The number of hydrogen-bond acceptors (Lipinski definition) is 3. The van der Waals surface area contributed by atoms with Gasteiger partial charge in [0.25, 0.3) is 5.91 Å². The smallest absolute Gasteiger partial charge is 0.254 e. The molecule has 24 heavy (non-hydrogen) atoms. The first kappa shape index (κ1) is 15.1. The van der Waals surface area contributed by atoms with E-state index in [1.165, 1.54) is 5.56 Å². The van der Waals surface area contributed by atoms with E-state index in [0.29, 0.717) is 13.2 Å². The molecule has 0 N–H and O–H groups in total. The highest BCUT2D eigenvalue weighted by Gasteiger charge is 2.30. The molecule has 4 heteroatoms. The minimum absolute atomic E-state index is 0.0247. The number of nitrogens with zero attached hydrogens (tertiary/aromatic N) is 1. The number of ether oxygens (including phenoxy) is 2. The molecule has 4 rings (SSSR count). The van der Waals surface area contributed by atoms with Gasteiger partial charge in [-0.05, 0) is 55.2 Å². The minimum Gasteiger partial charge on any atom is -0.486 e. The van der Waals surface area contributed by atoms with Crippen LogP contribution in [0.1, 0.15) is 40.0 Å². The van der Waals surface area contributed by atoms with Crippen LogP contribution >= 0.6 is 0 Å². The molecular weight excluding hydrogens is 302 g/mol. The molecule has 1 atom stereocenters. The van der Waals surface area contributed by atoms with Crippen LogP contribution in [-0.4, -0.2) is 30.6 Å². The molecular formula is C20H21NO3. The summed E-state index contributed by atoms with van der Waals surface area (Å²) in [4.78, 5) is 15.0. The maximum atomic E-state index is 13.0. The summed E-state index contributed by atoms with van der Waals surface area (Å²) < 4.78 is 11.4. The van der Waals surface area contributed by atoms with Gasteiger partial charge in [0, 0.05) is 12.1 Å². The molecule has 0 radical (unpaired) electrons. The van der Waals surface area contributed by atoms with E-state index in [2.05, 4.69) is 13.0 Å². The van der Waals surface area contributed by atoms with Crippen molar-refractivity contribution < 1.29 is 14.3 Å². The third-order valence-electron chi connectivity index (χ3n) is 4.98. The lowest BCUT2D eigenvalue weighted by Crippen LogP contribution is -2.39. The summed E-state index contributed by atoms with van der Waals surface area (Å²) in [5, 5.41) is 0. The fraction of sp³-hybridized carbons (Fsp3) is 0.350. The van der Waals surface area contributed by atoms with E-state index in [4.69, 9.17) is 9.47 Å². The molecule has 4 nitrogen and oxygen atoms in total. The lowest BCUT2D eigenvalue weighted by atomic mass is 9.92. The monoisotopic (exact) mass is 323 g/mol. The second kappa shape index (κ2) is 5.86. The van der Waals surface area contributed by atoms with Crippen molar-refractivity contribution in [2.24, 2.45) is 0 Å². The predicted molar refractivity (Wildman–Crippen MR) is 91.8 cm³/mol. The van der Waals surface area contributed by atoms with E-state index < -0.39 is 0 Å². The summed E-state index contributed by atoms with van der Waals surface area (Å²) in [6.07, 6.45) is 0.841. The summed E-state index contributed by atoms with van der Waals surface area (Å²) in [6.45, 7) is 5.97. The van der Waals surface area contributed by atoms with E-state index in [9.17, 15) is 4.79 Å². The number of hydrogen-bond donors (Lipinski definition) is 0. The molecule has 1 unspecified atom stereocenters. The molecule has 0 bridgehead atoms. The second-order valence-corrected chi connectivity index (χ2v) is 6.43. The maximum absolute atomic E-state index is 13.0. The maximum Gasteiger partial charge on any atom is 0.254 e. The average molecular weight is 323 g/mol. The van der Waals surface area contributed by atoms with Crippen LogP contribution in [-0.2, 0) is 6.42 Å². The van der Waals surface area contributed by atoms with Gasteiger partial charge in [0.15, 0.2) is 11.5 Å². The first-order valence-corrected chi connectivity index (χ1v) is 8.44. The molecule has 0 spiro atoms. The Bertz CT molecular complexity index is 799. The quantitative estimate of drug-likeness (QED) is 0.806. The van der Waals surface area contributed by atoms with Crippen LogP contribution in [0.15, 0.2) is 36.4 Å². The third kappa shape index (κ3) is 2.42. The van der Waals surface area contributed by atoms with E-state index in [1.54, 1.807) is 0 Å².